The van der Waals surface area contributed by atoms with Crippen molar-refractivity contribution in [3.05, 3.63) is 29.8 Å². The van der Waals surface area contributed by atoms with Gasteiger partial charge in [-0.15, -0.1) is 0 Å². The first-order valence-corrected chi connectivity index (χ1v) is 13.4. The second kappa shape index (κ2) is 12.4. The SMILES string of the molecule is CC(C)CC(c1ccc(OC(CC2(C)CCCCC2)OC(C(C)C)C(C)C)cc1)C(C)C. The predicted molar refractivity (Wildman–Crippen MR) is 138 cm³/mol. The summed E-state index contributed by atoms with van der Waals surface area (Å²) in [6, 6.07) is 8.91. The largest absolute Gasteiger partial charge is 0.465 e. The number of hydrogen-bond acceptors (Lipinski definition) is 2. The fraction of sp³-hybridized carbons (Fsp3) is 0.800. The number of hydrogen-bond donors (Lipinski definition) is 0. The van der Waals surface area contributed by atoms with Crippen molar-refractivity contribution in [2.24, 2.45) is 29.1 Å². The average molecular weight is 445 g/mol. The van der Waals surface area contributed by atoms with Gasteiger partial charge in [0, 0.05) is 6.42 Å². The zero-order valence-electron chi connectivity index (χ0n) is 22.6. The minimum absolute atomic E-state index is 0.185. The summed E-state index contributed by atoms with van der Waals surface area (Å²) < 4.78 is 13.3. The van der Waals surface area contributed by atoms with Gasteiger partial charge in [0.2, 0.25) is 6.29 Å². The lowest BCUT2D eigenvalue weighted by atomic mass is 9.73. The third-order valence-electron chi connectivity index (χ3n) is 7.45. The van der Waals surface area contributed by atoms with Crippen LogP contribution in [0.4, 0.5) is 0 Å². The van der Waals surface area contributed by atoms with Crippen molar-refractivity contribution in [2.45, 2.75) is 126 Å². The summed E-state index contributed by atoms with van der Waals surface area (Å²) in [6.45, 7) is 20.8. The van der Waals surface area contributed by atoms with Crippen LogP contribution in [0.25, 0.3) is 0 Å². The zero-order chi connectivity index (χ0) is 23.9. The highest BCUT2D eigenvalue weighted by Crippen LogP contribution is 2.41. The van der Waals surface area contributed by atoms with E-state index in [9.17, 15) is 0 Å². The maximum absolute atomic E-state index is 6.69. The van der Waals surface area contributed by atoms with E-state index in [0.717, 1.165) is 12.2 Å². The minimum Gasteiger partial charge on any atom is -0.465 e. The van der Waals surface area contributed by atoms with Crippen molar-refractivity contribution in [2.75, 3.05) is 0 Å². The third-order valence-corrected chi connectivity index (χ3v) is 7.45. The Bertz CT molecular complexity index is 629. The second-order valence-corrected chi connectivity index (χ2v) is 12.3. The van der Waals surface area contributed by atoms with Gasteiger partial charge in [0.15, 0.2) is 0 Å². The van der Waals surface area contributed by atoms with Crippen LogP contribution in [0.2, 0.25) is 0 Å². The van der Waals surface area contributed by atoms with Crippen LogP contribution >= 0.6 is 0 Å². The second-order valence-electron chi connectivity index (χ2n) is 12.3. The summed E-state index contributed by atoms with van der Waals surface area (Å²) in [5, 5.41) is 0. The van der Waals surface area contributed by atoms with Crippen LogP contribution < -0.4 is 4.74 Å². The minimum atomic E-state index is -0.185. The third kappa shape index (κ3) is 8.40. The van der Waals surface area contributed by atoms with E-state index in [1.807, 2.05) is 0 Å². The molecule has 2 unspecified atom stereocenters. The Morgan fingerprint density at radius 2 is 1.34 bits per heavy atom. The molecule has 0 aliphatic heterocycles. The first-order chi connectivity index (χ1) is 15.0. The molecule has 0 bridgehead atoms. The molecule has 1 aliphatic carbocycles. The van der Waals surface area contributed by atoms with Crippen LogP contribution in [0.3, 0.4) is 0 Å². The molecule has 1 aliphatic rings. The molecule has 0 spiro atoms. The molecule has 32 heavy (non-hydrogen) atoms. The van der Waals surface area contributed by atoms with Crippen LogP contribution in [-0.2, 0) is 4.74 Å². The molecule has 1 aromatic rings. The van der Waals surface area contributed by atoms with Crippen LogP contribution in [0.15, 0.2) is 24.3 Å². The van der Waals surface area contributed by atoms with Crippen molar-refractivity contribution >= 4 is 0 Å². The molecule has 2 rings (SSSR count). The van der Waals surface area contributed by atoms with E-state index in [-0.39, 0.29) is 12.4 Å². The van der Waals surface area contributed by atoms with Crippen molar-refractivity contribution in [1.29, 1.82) is 0 Å². The summed E-state index contributed by atoms with van der Waals surface area (Å²) in [6.07, 6.45) is 8.85. The van der Waals surface area contributed by atoms with Crippen LogP contribution in [-0.4, -0.2) is 12.4 Å². The molecule has 0 heterocycles. The molecule has 0 radical (unpaired) electrons. The summed E-state index contributed by atoms with van der Waals surface area (Å²) >= 11 is 0. The summed E-state index contributed by atoms with van der Waals surface area (Å²) in [5.74, 6) is 3.84. The van der Waals surface area contributed by atoms with Crippen molar-refractivity contribution in [1.82, 2.24) is 0 Å². The Morgan fingerprint density at radius 3 is 1.81 bits per heavy atom. The van der Waals surface area contributed by atoms with Gasteiger partial charge in [-0.25, -0.2) is 0 Å². The Morgan fingerprint density at radius 1 is 0.781 bits per heavy atom. The summed E-state index contributed by atoms with van der Waals surface area (Å²) in [5.41, 5.74) is 1.75. The summed E-state index contributed by atoms with van der Waals surface area (Å²) in [4.78, 5) is 0. The van der Waals surface area contributed by atoms with Crippen LogP contribution in [0.1, 0.15) is 119 Å². The highest BCUT2D eigenvalue weighted by Gasteiger charge is 2.33. The molecule has 0 aromatic heterocycles. The molecule has 1 aromatic carbocycles. The Kier molecular flexibility index (Phi) is 10.6. The Hall–Kier alpha value is -1.02. The maximum atomic E-state index is 6.69. The van der Waals surface area contributed by atoms with E-state index in [2.05, 4.69) is 86.6 Å². The number of ether oxygens (including phenoxy) is 2. The van der Waals surface area contributed by atoms with Gasteiger partial charge in [-0.05, 0) is 72.0 Å². The zero-order valence-corrected chi connectivity index (χ0v) is 22.6. The monoisotopic (exact) mass is 444 g/mol. The van der Waals surface area contributed by atoms with E-state index in [1.54, 1.807) is 0 Å². The number of benzene rings is 1. The van der Waals surface area contributed by atoms with Gasteiger partial charge in [0.1, 0.15) is 5.75 Å². The molecular formula is C30H52O2. The van der Waals surface area contributed by atoms with Gasteiger partial charge in [0.05, 0.1) is 6.10 Å². The molecule has 0 amide bonds. The standard InChI is InChI=1S/C30H52O2/c1-21(2)19-27(22(3)4)25-13-15-26(16-14-25)31-28(32-29(23(5)6)24(7)8)20-30(9)17-11-10-12-18-30/h13-16,21-24,27-29H,10-12,17-20H2,1-9H3. The molecule has 0 N–H and O–H groups in total. The van der Waals surface area contributed by atoms with Crippen molar-refractivity contribution in [3.63, 3.8) is 0 Å². The first-order valence-electron chi connectivity index (χ1n) is 13.4. The number of rotatable bonds is 12. The summed E-state index contributed by atoms with van der Waals surface area (Å²) in [7, 11) is 0. The van der Waals surface area contributed by atoms with Gasteiger partial charge in [-0.1, -0.05) is 93.7 Å². The molecule has 2 heteroatoms. The van der Waals surface area contributed by atoms with E-state index in [0.29, 0.717) is 35.0 Å². The van der Waals surface area contributed by atoms with Gasteiger partial charge in [-0.3, -0.25) is 0 Å². The van der Waals surface area contributed by atoms with Crippen molar-refractivity contribution < 1.29 is 9.47 Å². The molecular weight excluding hydrogens is 392 g/mol. The predicted octanol–water partition coefficient (Wildman–Crippen LogP) is 9.23. The highest BCUT2D eigenvalue weighted by molar-refractivity contribution is 5.30. The van der Waals surface area contributed by atoms with Gasteiger partial charge >= 0.3 is 0 Å². The Balaban J connectivity index is 2.18. The normalized spacial score (nSPS) is 18.7. The van der Waals surface area contributed by atoms with E-state index < -0.39 is 0 Å². The lowest BCUT2D eigenvalue weighted by Crippen LogP contribution is -2.37. The maximum Gasteiger partial charge on any atom is 0.200 e. The van der Waals surface area contributed by atoms with E-state index in [1.165, 1.54) is 44.1 Å². The van der Waals surface area contributed by atoms with Gasteiger partial charge in [-0.2, -0.15) is 0 Å². The quantitative estimate of drug-likeness (QED) is 0.299. The van der Waals surface area contributed by atoms with Crippen LogP contribution in [0.5, 0.6) is 5.75 Å². The Labute approximate surface area is 199 Å². The topological polar surface area (TPSA) is 18.5 Å². The molecule has 1 fully saturated rings. The van der Waals surface area contributed by atoms with Crippen molar-refractivity contribution in [3.8, 4) is 5.75 Å². The average Bonchev–Trinajstić information content (AvgIpc) is 2.70. The smallest absolute Gasteiger partial charge is 0.200 e. The highest BCUT2D eigenvalue weighted by atomic mass is 16.7. The fourth-order valence-electron chi connectivity index (χ4n) is 5.64. The fourth-order valence-corrected chi connectivity index (χ4v) is 5.64. The molecule has 2 nitrogen and oxygen atoms in total. The molecule has 1 saturated carbocycles. The van der Waals surface area contributed by atoms with Crippen LogP contribution in [0, 0.1) is 29.1 Å². The molecule has 184 valence electrons. The molecule has 2 atom stereocenters. The lowest BCUT2D eigenvalue weighted by Gasteiger charge is -2.38. The van der Waals surface area contributed by atoms with Gasteiger partial charge < -0.3 is 9.47 Å². The molecule has 0 saturated heterocycles. The van der Waals surface area contributed by atoms with E-state index in [4.69, 9.17) is 9.47 Å². The first kappa shape index (κ1) is 27.2. The van der Waals surface area contributed by atoms with E-state index >= 15 is 0 Å². The van der Waals surface area contributed by atoms with Gasteiger partial charge in [0.25, 0.3) is 0 Å². The lowest BCUT2D eigenvalue weighted by molar-refractivity contribution is -0.163.